The van der Waals surface area contributed by atoms with Crippen molar-refractivity contribution in [3.8, 4) is 6.07 Å². The lowest BCUT2D eigenvalue weighted by Crippen LogP contribution is -2.47. The number of nitrogens with one attached hydrogen (secondary N) is 1. The van der Waals surface area contributed by atoms with Crippen molar-refractivity contribution in [3.05, 3.63) is 70.8 Å². The van der Waals surface area contributed by atoms with E-state index in [1.807, 2.05) is 6.07 Å². The van der Waals surface area contributed by atoms with Crippen LogP contribution >= 0.6 is 0 Å². The van der Waals surface area contributed by atoms with Gasteiger partial charge >= 0.3 is 5.97 Å². The van der Waals surface area contributed by atoms with E-state index in [2.05, 4.69) is 5.32 Å². The van der Waals surface area contributed by atoms with E-state index in [1.165, 1.54) is 17.0 Å². The average molecular weight is 484 g/mol. The Morgan fingerprint density at radius 1 is 1.20 bits per heavy atom. The van der Waals surface area contributed by atoms with Crippen LogP contribution in [-0.4, -0.2) is 34.8 Å². The lowest BCUT2D eigenvalue weighted by Gasteiger charge is -2.26. The minimum absolute atomic E-state index is 0.00621. The smallest absolute Gasteiger partial charge is 0.329 e. The van der Waals surface area contributed by atoms with E-state index in [-0.39, 0.29) is 43.4 Å². The van der Waals surface area contributed by atoms with Gasteiger partial charge in [-0.15, -0.1) is 0 Å². The van der Waals surface area contributed by atoms with Gasteiger partial charge in [-0.2, -0.15) is 5.26 Å². The van der Waals surface area contributed by atoms with Gasteiger partial charge in [0.2, 0.25) is 11.8 Å². The molecule has 2 aromatic carbocycles. The number of amides is 2. The molecule has 0 saturated carbocycles. The summed E-state index contributed by atoms with van der Waals surface area (Å²) in [5.41, 5.74) is 1.24. The molecule has 0 unspecified atom stereocenters. The molecule has 2 amide bonds. The average Bonchev–Trinajstić information content (AvgIpc) is 3.17. The fraction of sp³-hybridized carbons (Fsp3) is 0.385. The summed E-state index contributed by atoms with van der Waals surface area (Å²) in [4.78, 5) is 39.1. The number of carbonyl (C=O) groups excluding carboxylic acids is 3. The third kappa shape index (κ3) is 6.63. The Balaban J connectivity index is 1.59. The van der Waals surface area contributed by atoms with E-state index >= 15 is 0 Å². The fourth-order valence-electron chi connectivity index (χ4n) is 3.94. The maximum Gasteiger partial charge on any atom is 0.329 e. The summed E-state index contributed by atoms with van der Waals surface area (Å²) in [5, 5.41) is 11.6. The molecule has 1 saturated heterocycles. The number of hydrogen-bond donors (Lipinski definition) is 1. The summed E-state index contributed by atoms with van der Waals surface area (Å²) in [5.74, 6) is -3.55. The molecule has 9 heteroatoms. The lowest BCUT2D eigenvalue weighted by atomic mass is 10.0. The summed E-state index contributed by atoms with van der Waals surface area (Å²) in [6.45, 7) is 3.40. The summed E-state index contributed by atoms with van der Waals surface area (Å²) in [7, 11) is 0. The summed E-state index contributed by atoms with van der Waals surface area (Å²) in [6.07, 6.45) is 0.530. The van der Waals surface area contributed by atoms with Crippen LogP contribution in [-0.2, 0) is 32.3 Å². The zero-order chi connectivity index (χ0) is 25.5. The molecule has 184 valence electrons. The molecule has 2 aromatic rings. The molecule has 0 aromatic heterocycles. The number of rotatable bonds is 9. The molecule has 35 heavy (non-hydrogen) atoms. The van der Waals surface area contributed by atoms with Crippen LogP contribution in [0.1, 0.15) is 49.8 Å². The number of likely N-dealkylation sites (tertiary alicyclic amines) is 1. The van der Waals surface area contributed by atoms with Crippen LogP contribution in [0.2, 0.25) is 0 Å². The highest BCUT2D eigenvalue weighted by atomic mass is 19.2. The molecule has 0 radical (unpaired) electrons. The Labute approximate surface area is 202 Å². The fourth-order valence-corrected chi connectivity index (χ4v) is 3.94. The van der Waals surface area contributed by atoms with Crippen molar-refractivity contribution in [1.29, 1.82) is 5.26 Å². The Bertz CT molecular complexity index is 1130. The molecule has 7 nitrogen and oxygen atoms in total. The van der Waals surface area contributed by atoms with E-state index < -0.39 is 35.6 Å². The number of nitrogens with zero attached hydrogens (tertiary/aromatic N) is 2. The van der Waals surface area contributed by atoms with E-state index in [0.29, 0.717) is 17.5 Å². The van der Waals surface area contributed by atoms with Crippen LogP contribution in [0.15, 0.2) is 42.5 Å². The second kappa shape index (κ2) is 11.6. The first-order valence-corrected chi connectivity index (χ1v) is 11.4. The maximum absolute atomic E-state index is 14.1. The van der Waals surface area contributed by atoms with Gasteiger partial charge in [0.25, 0.3) is 0 Å². The minimum atomic E-state index is -1.01. The summed E-state index contributed by atoms with van der Waals surface area (Å²) >= 11 is 0. The van der Waals surface area contributed by atoms with Gasteiger partial charge in [-0.3, -0.25) is 9.59 Å². The highest BCUT2D eigenvalue weighted by molar-refractivity contribution is 5.86. The first kappa shape index (κ1) is 25.8. The second-order valence-corrected chi connectivity index (χ2v) is 8.84. The molecule has 1 fully saturated rings. The van der Waals surface area contributed by atoms with E-state index in [9.17, 15) is 23.2 Å². The molecule has 1 aliphatic heterocycles. The predicted octanol–water partition coefficient (Wildman–Crippen LogP) is 3.60. The molecule has 3 rings (SSSR count). The maximum atomic E-state index is 14.1. The lowest BCUT2D eigenvalue weighted by molar-refractivity contribution is -0.150. The summed E-state index contributed by atoms with van der Waals surface area (Å²) in [6, 6.07) is 11.0. The Hall–Kier alpha value is -3.80. The van der Waals surface area contributed by atoms with Crippen molar-refractivity contribution in [3.63, 3.8) is 0 Å². The zero-order valence-corrected chi connectivity index (χ0v) is 19.6. The molecule has 0 bridgehead atoms. The van der Waals surface area contributed by atoms with Crippen molar-refractivity contribution in [2.75, 3.05) is 0 Å². The van der Waals surface area contributed by atoms with Crippen LogP contribution in [0.5, 0.6) is 0 Å². The van der Waals surface area contributed by atoms with Crippen molar-refractivity contribution in [1.82, 2.24) is 10.2 Å². The normalized spacial score (nSPS) is 16.2. The molecule has 2 atom stereocenters. The third-order valence-electron chi connectivity index (χ3n) is 5.95. The topological polar surface area (TPSA) is 99.5 Å². The van der Waals surface area contributed by atoms with Crippen molar-refractivity contribution < 1.29 is 27.9 Å². The van der Waals surface area contributed by atoms with E-state index in [4.69, 9.17) is 10.00 Å². The number of halogens is 2. The Morgan fingerprint density at radius 2 is 1.91 bits per heavy atom. The largest absolute Gasteiger partial charge is 0.459 e. The predicted molar refractivity (Wildman–Crippen MR) is 122 cm³/mol. The number of esters is 1. The van der Waals surface area contributed by atoms with Gasteiger partial charge in [0.1, 0.15) is 12.6 Å². The number of benzene rings is 2. The number of ether oxygens (including phenoxy) is 1. The molecule has 0 aliphatic carbocycles. The molecule has 1 heterocycles. The molecular weight excluding hydrogens is 456 g/mol. The monoisotopic (exact) mass is 483 g/mol. The highest BCUT2D eigenvalue weighted by Gasteiger charge is 2.34. The van der Waals surface area contributed by atoms with Crippen molar-refractivity contribution in [2.45, 2.75) is 58.3 Å². The minimum Gasteiger partial charge on any atom is -0.459 e. The summed E-state index contributed by atoms with van der Waals surface area (Å²) < 4.78 is 33.0. The Kier molecular flexibility index (Phi) is 8.53. The van der Waals surface area contributed by atoms with Crippen LogP contribution in [0.25, 0.3) is 0 Å². The Morgan fingerprint density at radius 3 is 2.57 bits per heavy atom. The van der Waals surface area contributed by atoms with Crippen LogP contribution in [0, 0.1) is 28.9 Å². The standard InChI is InChI=1S/C26H27F2N3O4/c1-16(2)25(26(34)35-15-18-8-6-17(13-29)7-9-18)30-22(32)12-20-10-11-23(33)31(20)14-19-4-3-5-21(27)24(19)28/h3-9,16,20,25H,10-12,14-15H2,1-2H3,(H,30,32)/t20-,25-/m0/s1. The van der Waals surface area contributed by atoms with E-state index in [1.54, 1.807) is 38.1 Å². The number of nitriles is 1. The molecular formula is C26H27F2N3O4. The molecule has 1 aliphatic rings. The van der Waals surface area contributed by atoms with E-state index in [0.717, 1.165) is 6.07 Å². The van der Waals surface area contributed by atoms with Crippen molar-refractivity contribution >= 4 is 17.8 Å². The SMILES string of the molecule is CC(C)[C@H](NC(=O)C[C@@H]1CCC(=O)N1Cc1cccc(F)c1F)C(=O)OCc1ccc(C#N)cc1. The first-order valence-electron chi connectivity index (χ1n) is 11.4. The third-order valence-corrected chi connectivity index (χ3v) is 5.95. The first-order chi connectivity index (χ1) is 16.7. The quantitative estimate of drug-likeness (QED) is 0.550. The molecule has 1 N–H and O–H groups in total. The van der Waals surface area contributed by atoms with Crippen LogP contribution < -0.4 is 5.32 Å². The number of carbonyl (C=O) groups is 3. The van der Waals surface area contributed by atoms with Gasteiger partial charge in [0.05, 0.1) is 11.6 Å². The molecule has 0 spiro atoms. The van der Waals surface area contributed by atoms with Crippen LogP contribution in [0.4, 0.5) is 8.78 Å². The van der Waals surface area contributed by atoms with Gasteiger partial charge in [-0.25, -0.2) is 13.6 Å². The van der Waals surface area contributed by atoms with Gasteiger partial charge in [0.15, 0.2) is 11.6 Å². The van der Waals surface area contributed by atoms with Gasteiger partial charge in [-0.05, 0) is 36.1 Å². The second-order valence-electron chi connectivity index (χ2n) is 8.84. The van der Waals surface area contributed by atoms with Gasteiger partial charge < -0.3 is 15.0 Å². The van der Waals surface area contributed by atoms with Gasteiger partial charge in [-0.1, -0.05) is 38.1 Å². The van der Waals surface area contributed by atoms with Crippen molar-refractivity contribution in [2.24, 2.45) is 5.92 Å². The zero-order valence-electron chi connectivity index (χ0n) is 19.6. The highest BCUT2D eigenvalue weighted by Crippen LogP contribution is 2.25. The van der Waals surface area contributed by atoms with Gasteiger partial charge in [0, 0.05) is 31.0 Å². The number of hydrogen-bond acceptors (Lipinski definition) is 5. The van der Waals surface area contributed by atoms with Crippen LogP contribution in [0.3, 0.4) is 0 Å².